The van der Waals surface area contributed by atoms with Gasteiger partial charge in [0.1, 0.15) is 0 Å². The predicted octanol–water partition coefficient (Wildman–Crippen LogP) is 2.97. The Morgan fingerprint density at radius 3 is 2.52 bits per heavy atom. The molecule has 3 rings (SSSR count). The lowest BCUT2D eigenvalue weighted by molar-refractivity contribution is 0.0950. The number of nitrogens with one attached hydrogen (secondary N) is 1. The van der Waals surface area contributed by atoms with E-state index in [0.29, 0.717) is 18.7 Å². The first-order chi connectivity index (χ1) is 11.9. The van der Waals surface area contributed by atoms with E-state index in [-0.39, 0.29) is 5.91 Å². The van der Waals surface area contributed by atoms with Crippen molar-refractivity contribution in [3.8, 4) is 0 Å². The lowest BCUT2D eigenvalue weighted by atomic mass is 10.1. The fraction of sp³-hybridized carbons (Fsp3) is 0.278. The van der Waals surface area contributed by atoms with Crippen molar-refractivity contribution in [2.24, 2.45) is 7.05 Å². The molecular weight excluding hydrogens is 382 g/mol. The number of benzene rings is 1. The summed E-state index contributed by atoms with van der Waals surface area (Å²) in [4.78, 5) is 12.3. The lowest BCUT2D eigenvalue weighted by Gasteiger charge is -2.08. The van der Waals surface area contributed by atoms with Gasteiger partial charge in [-0.2, -0.15) is 10.2 Å². The third-order valence-electron chi connectivity index (χ3n) is 4.08. The highest BCUT2D eigenvalue weighted by Crippen LogP contribution is 2.15. The zero-order valence-electron chi connectivity index (χ0n) is 14.5. The lowest BCUT2D eigenvalue weighted by Crippen LogP contribution is -2.24. The SMILES string of the molecule is Cc1cc(C)n(Cc2ccc(C(=O)NCc3c(Br)cnn3C)cc2)n1. The molecule has 1 amide bonds. The van der Waals surface area contributed by atoms with Crippen LogP contribution in [0.3, 0.4) is 0 Å². The fourth-order valence-electron chi connectivity index (χ4n) is 2.67. The average Bonchev–Trinajstić information content (AvgIpc) is 3.07. The third-order valence-corrected chi connectivity index (χ3v) is 4.74. The quantitative estimate of drug-likeness (QED) is 0.714. The molecule has 0 bridgehead atoms. The van der Waals surface area contributed by atoms with Crippen LogP contribution in [0.25, 0.3) is 0 Å². The van der Waals surface area contributed by atoms with Gasteiger partial charge in [-0.1, -0.05) is 12.1 Å². The van der Waals surface area contributed by atoms with Gasteiger partial charge in [0.05, 0.1) is 35.1 Å². The Morgan fingerprint density at radius 2 is 1.96 bits per heavy atom. The van der Waals surface area contributed by atoms with Gasteiger partial charge in [-0.05, 0) is 53.5 Å². The molecule has 0 saturated heterocycles. The minimum Gasteiger partial charge on any atom is -0.346 e. The summed E-state index contributed by atoms with van der Waals surface area (Å²) in [5.41, 5.74) is 4.80. The molecule has 3 aromatic rings. The minimum absolute atomic E-state index is 0.106. The number of aromatic nitrogens is 4. The summed E-state index contributed by atoms with van der Waals surface area (Å²) in [6.07, 6.45) is 1.72. The molecule has 0 aliphatic rings. The summed E-state index contributed by atoms with van der Waals surface area (Å²) in [6.45, 7) is 5.14. The number of halogens is 1. The van der Waals surface area contributed by atoms with Crippen LogP contribution in [0.15, 0.2) is 41.0 Å². The van der Waals surface area contributed by atoms with Gasteiger partial charge in [-0.3, -0.25) is 14.2 Å². The second-order valence-corrected chi connectivity index (χ2v) is 6.88. The van der Waals surface area contributed by atoms with Crippen LogP contribution in [0.1, 0.15) is 33.0 Å². The van der Waals surface area contributed by atoms with Crippen LogP contribution in [0, 0.1) is 13.8 Å². The standard InChI is InChI=1S/C18H20BrN5O/c1-12-8-13(2)24(22-12)11-14-4-6-15(7-5-14)18(25)20-10-17-16(19)9-21-23(17)3/h4-9H,10-11H2,1-3H3,(H,20,25). The van der Waals surface area contributed by atoms with Gasteiger partial charge in [-0.25, -0.2) is 0 Å². The number of carbonyl (C=O) groups is 1. The Bertz CT molecular complexity index is 875. The molecular formula is C18H20BrN5O. The normalized spacial score (nSPS) is 10.9. The van der Waals surface area contributed by atoms with Gasteiger partial charge in [0.15, 0.2) is 0 Å². The third kappa shape index (κ3) is 3.99. The molecule has 0 radical (unpaired) electrons. The van der Waals surface area contributed by atoms with E-state index < -0.39 is 0 Å². The molecule has 0 aliphatic carbocycles. The van der Waals surface area contributed by atoms with Crippen LogP contribution in [-0.4, -0.2) is 25.5 Å². The van der Waals surface area contributed by atoms with Crippen molar-refractivity contribution >= 4 is 21.8 Å². The van der Waals surface area contributed by atoms with Crippen molar-refractivity contribution in [1.29, 1.82) is 0 Å². The highest BCUT2D eigenvalue weighted by molar-refractivity contribution is 9.10. The molecule has 0 spiro atoms. The average molecular weight is 402 g/mol. The molecule has 0 fully saturated rings. The topological polar surface area (TPSA) is 64.7 Å². The summed E-state index contributed by atoms with van der Waals surface area (Å²) >= 11 is 3.43. The van der Waals surface area contributed by atoms with Crippen molar-refractivity contribution < 1.29 is 4.79 Å². The largest absolute Gasteiger partial charge is 0.346 e. The number of amides is 1. The molecule has 2 heterocycles. The molecule has 1 N–H and O–H groups in total. The van der Waals surface area contributed by atoms with Crippen LogP contribution in [-0.2, 0) is 20.1 Å². The number of nitrogens with zero attached hydrogens (tertiary/aromatic N) is 4. The van der Waals surface area contributed by atoms with Gasteiger partial charge < -0.3 is 5.32 Å². The van der Waals surface area contributed by atoms with E-state index in [1.54, 1.807) is 10.9 Å². The summed E-state index contributed by atoms with van der Waals surface area (Å²) in [5, 5.41) is 11.5. The monoisotopic (exact) mass is 401 g/mol. The van der Waals surface area contributed by atoms with E-state index >= 15 is 0 Å². The van der Waals surface area contributed by atoms with Crippen molar-refractivity contribution in [3.63, 3.8) is 0 Å². The van der Waals surface area contributed by atoms with E-state index in [4.69, 9.17) is 0 Å². The van der Waals surface area contributed by atoms with Crippen molar-refractivity contribution in [3.05, 3.63) is 69.2 Å². The first kappa shape index (κ1) is 17.4. The second kappa shape index (κ2) is 7.23. The maximum absolute atomic E-state index is 12.3. The molecule has 0 atom stereocenters. The Kier molecular flexibility index (Phi) is 5.03. The molecule has 130 valence electrons. The van der Waals surface area contributed by atoms with Gasteiger partial charge in [0.25, 0.3) is 5.91 Å². The predicted molar refractivity (Wildman–Crippen MR) is 99.3 cm³/mol. The maximum Gasteiger partial charge on any atom is 0.251 e. The van der Waals surface area contributed by atoms with E-state index in [1.165, 1.54) is 0 Å². The van der Waals surface area contributed by atoms with Crippen LogP contribution >= 0.6 is 15.9 Å². The summed E-state index contributed by atoms with van der Waals surface area (Å²) < 4.78 is 4.59. The molecule has 7 heteroatoms. The Labute approximate surface area is 155 Å². The second-order valence-electron chi connectivity index (χ2n) is 6.03. The molecule has 0 saturated carbocycles. The van der Waals surface area contributed by atoms with Gasteiger partial charge in [0.2, 0.25) is 0 Å². The minimum atomic E-state index is -0.106. The van der Waals surface area contributed by atoms with Gasteiger partial charge in [-0.15, -0.1) is 0 Å². The molecule has 25 heavy (non-hydrogen) atoms. The van der Waals surface area contributed by atoms with E-state index in [1.807, 2.05) is 49.8 Å². The number of rotatable bonds is 5. The molecule has 2 aromatic heterocycles. The summed E-state index contributed by atoms with van der Waals surface area (Å²) in [6, 6.07) is 9.67. The smallest absolute Gasteiger partial charge is 0.251 e. The van der Waals surface area contributed by atoms with Gasteiger partial charge in [0, 0.05) is 18.3 Å². The Balaban J connectivity index is 1.63. The summed E-state index contributed by atoms with van der Waals surface area (Å²) in [5.74, 6) is -0.106. The van der Waals surface area contributed by atoms with Crippen LogP contribution in [0.2, 0.25) is 0 Å². The number of hydrogen-bond donors (Lipinski definition) is 1. The maximum atomic E-state index is 12.3. The van der Waals surface area contributed by atoms with Crippen molar-refractivity contribution in [2.75, 3.05) is 0 Å². The fourth-order valence-corrected chi connectivity index (χ4v) is 3.16. The van der Waals surface area contributed by atoms with E-state index in [2.05, 4.69) is 37.5 Å². The zero-order chi connectivity index (χ0) is 18.0. The zero-order valence-corrected chi connectivity index (χ0v) is 16.0. The van der Waals surface area contributed by atoms with E-state index in [0.717, 1.165) is 27.1 Å². The van der Waals surface area contributed by atoms with Crippen LogP contribution in [0.5, 0.6) is 0 Å². The Hall–Kier alpha value is -2.41. The first-order valence-corrected chi connectivity index (χ1v) is 8.78. The summed E-state index contributed by atoms with van der Waals surface area (Å²) in [7, 11) is 1.85. The van der Waals surface area contributed by atoms with Crippen LogP contribution in [0.4, 0.5) is 0 Å². The Morgan fingerprint density at radius 1 is 1.24 bits per heavy atom. The van der Waals surface area contributed by atoms with Crippen LogP contribution < -0.4 is 5.32 Å². The van der Waals surface area contributed by atoms with Gasteiger partial charge >= 0.3 is 0 Å². The molecule has 6 nitrogen and oxygen atoms in total. The van der Waals surface area contributed by atoms with Crippen molar-refractivity contribution in [2.45, 2.75) is 26.9 Å². The number of hydrogen-bond acceptors (Lipinski definition) is 3. The number of aryl methyl sites for hydroxylation is 3. The highest BCUT2D eigenvalue weighted by atomic mass is 79.9. The first-order valence-electron chi connectivity index (χ1n) is 7.98. The number of carbonyl (C=O) groups excluding carboxylic acids is 1. The molecule has 0 aliphatic heterocycles. The van der Waals surface area contributed by atoms with Crippen molar-refractivity contribution in [1.82, 2.24) is 24.9 Å². The van der Waals surface area contributed by atoms with E-state index in [9.17, 15) is 4.79 Å². The highest BCUT2D eigenvalue weighted by Gasteiger charge is 2.10. The molecule has 0 unspecified atom stereocenters. The molecule has 1 aromatic carbocycles.